The summed E-state index contributed by atoms with van der Waals surface area (Å²) in [6.45, 7) is 0. The molecule has 4 nitrogen and oxygen atoms in total. The number of hydrogen-bond donors (Lipinski definition) is 1. The van der Waals surface area contributed by atoms with Gasteiger partial charge in [0.15, 0.2) is 11.6 Å². The molecule has 2 aromatic rings. The van der Waals surface area contributed by atoms with Crippen LogP contribution in [0, 0.1) is 11.8 Å². The molecule has 2 unspecified atom stereocenters. The van der Waals surface area contributed by atoms with Crippen LogP contribution >= 0.6 is 0 Å². The van der Waals surface area contributed by atoms with Gasteiger partial charge < -0.3 is 10.3 Å². The Morgan fingerprint density at radius 3 is 2.78 bits per heavy atom. The number of nitrogens with zero attached hydrogens (tertiary/aromatic N) is 2. The van der Waals surface area contributed by atoms with Crippen LogP contribution in [0.25, 0.3) is 11.3 Å². The van der Waals surface area contributed by atoms with Gasteiger partial charge in [0.2, 0.25) is 0 Å². The summed E-state index contributed by atoms with van der Waals surface area (Å²) in [6.07, 6.45) is 5.77. The third-order valence-electron chi connectivity index (χ3n) is 4.38. The van der Waals surface area contributed by atoms with Crippen molar-refractivity contribution in [2.24, 2.45) is 11.8 Å². The van der Waals surface area contributed by atoms with Crippen molar-refractivity contribution in [2.45, 2.75) is 25.2 Å². The van der Waals surface area contributed by atoms with Gasteiger partial charge in [0.05, 0.1) is 11.3 Å². The van der Waals surface area contributed by atoms with Crippen molar-refractivity contribution in [3.63, 3.8) is 0 Å². The Morgan fingerprint density at radius 1 is 1.22 bits per heavy atom. The maximum atomic E-state index is 5.94. The van der Waals surface area contributed by atoms with Crippen LogP contribution in [0.4, 0.5) is 5.82 Å². The first-order valence-corrected chi connectivity index (χ1v) is 6.52. The normalized spacial score (nSPS) is 29.2. The molecular weight excluding hydrogens is 226 g/mol. The fraction of sp³-hybridized carbons (Fsp3) is 0.429. The van der Waals surface area contributed by atoms with Crippen molar-refractivity contribution in [2.75, 3.05) is 5.73 Å². The van der Waals surface area contributed by atoms with E-state index in [4.69, 9.17) is 10.3 Å². The summed E-state index contributed by atoms with van der Waals surface area (Å²) in [4.78, 5) is 4.37. The van der Waals surface area contributed by atoms with Crippen molar-refractivity contribution in [1.29, 1.82) is 0 Å². The minimum Gasteiger partial charge on any atom is -0.380 e. The summed E-state index contributed by atoms with van der Waals surface area (Å²) < 4.78 is 5.50. The predicted molar refractivity (Wildman–Crippen MR) is 67.7 cm³/mol. The fourth-order valence-corrected chi connectivity index (χ4v) is 3.52. The second kappa shape index (κ2) is 3.57. The van der Waals surface area contributed by atoms with Crippen LogP contribution in [0.5, 0.6) is 0 Å². The molecule has 0 saturated heterocycles. The molecule has 2 N–H and O–H groups in total. The Bertz CT molecular complexity index is 568. The van der Waals surface area contributed by atoms with Gasteiger partial charge in [-0.05, 0) is 36.8 Å². The lowest BCUT2D eigenvalue weighted by molar-refractivity contribution is 0.376. The Labute approximate surface area is 105 Å². The number of pyridine rings is 1. The van der Waals surface area contributed by atoms with Crippen LogP contribution in [-0.2, 0) is 0 Å². The highest BCUT2D eigenvalue weighted by atomic mass is 16.5. The van der Waals surface area contributed by atoms with E-state index in [1.54, 1.807) is 6.20 Å². The lowest BCUT2D eigenvalue weighted by Crippen LogP contribution is -1.93. The third-order valence-corrected chi connectivity index (χ3v) is 4.38. The zero-order valence-corrected chi connectivity index (χ0v) is 10.0. The maximum absolute atomic E-state index is 5.94. The van der Waals surface area contributed by atoms with Gasteiger partial charge in [-0.3, -0.25) is 4.98 Å². The molecule has 92 valence electrons. The minimum atomic E-state index is 0.466. The van der Waals surface area contributed by atoms with Crippen LogP contribution in [0.1, 0.15) is 30.9 Å². The van der Waals surface area contributed by atoms with Crippen molar-refractivity contribution in [3.05, 3.63) is 30.2 Å². The highest BCUT2D eigenvalue weighted by Gasteiger charge is 2.56. The molecule has 18 heavy (non-hydrogen) atoms. The zero-order chi connectivity index (χ0) is 12.1. The highest BCUT2D eigenvalue weighted by Crippen LogP contribution is 2.64. The van der Waals surface area contributed by atoms with E-state index in [0.29, 0.717) is 11.7 Å². The monoisotopic (exact) mass is 241 g/mol. The van der Waals surface area contributed by atoms with Crippen molar-refractivity contribution < 1.29 is 4.52 Å². The molecule has 2 fully saturated rings. The molecule has 2 aliphatic rings. The van der Waals surface area contributed by atoms with E-state index in [2.05, 4.69) is 10.1 Å². The highest BCUT2D eigenvalue weighted by molar-refractivity contribution is 5.73. The van der Waals surface area contributed by atoms with Gasteiger partial charge in [0.1, 0.15) is 0 Å². The summed E-state index contributed by atoms with van der Waals surface area (Å²) in [5, 5.41) is 3.94. The third kappa shape index (κ3) is 1.32. The average Bonchev–Trinajstić information content (AvgIpc) is 2.79. The summed E-state index contributed by atoms with van der Waals surface area (Å²) >= 11 is 0. The number of anilines is 1. The predicted octanol–water partition coefficient (Wildman–Crippen LogP) is 2.83. The van der Waals surface area contributed by atoms with Gasteiger partial charge >= 0.3 is 0 Å². The number of nitrogens with two attached hydrogens (primary N) is 1. The summed E-state index contributed by atoms with van der Waals surface area (Å²) in [7, 11) is 0. The van der Waals surface area contributed by atoms with Gasteiger partial charge in [0, 0.05) is 12.1 Å². The maximum Gasteiger partial charge on any atom is 0.176 e. The molecular formula is C14H15N3O. The van der Waals surface area contributed by atoms with Gasteiger partial charge in [-0.25, -0.2) is 0 Å². The van der Waals surface area contributed by atoms with E-state index in [1.165, 1.54) is 19.3 Å². The van der Waals surface area contributed by atoms with Crippen LogP contribution in [-0.4, -0.2) is 10.1 Å². The molecule has 4 rings (SSSR count). The summed E-state index contributed by atoms with van der Waals surface area (Å²) in [5.41, 5.74) is 7.73. The number of fused-ring (bicyclic) bond motifs is 1. The second-order valence-electron chi connectivity index (χ2n) is 5.31. The SMILES string of the molecule is Nc1noc(C2C3CCCC32)c1-c1ccccn1. The Balaban J connectivity index is 1.77. The Hall–Kier alpha value is -1.84. The summed E-state index contributed by atoms with van der Waals surface area (Å²) in [5.74, 6) is 3.54. The molecule has 2 heterocycles. The quantitative estimate of drug-likeness (QED) is 0.878. The molecule has 4 heteroatoms. The Morgan fingerprint density at radius 2 is 2.06 bits per heavy atom. The first-order valence-electron chi connectivity index (χ1n) is 6.52. The molecule has 0 bridgehead atoms. The van der Waals surface area contributed by atoms with Crippen molar-refractivity contribution >= 4 is 5.82 Å². The van der Waals surface area contributed by atoms with E-state index in [1.807, 2.05) is 18.2 Å². The van der Waals surface area contributed by atoms with E-state index in [-0.39, 0.29) is 0 Å². The van der Waals surface area contributed by atoms with E-state index in [0.717, 1.165) is 28.9 Å². The molecule has 0 spiro atoms. The minimum absolute atomic E-state index is 0.466. The lowest BCUT2D eigenvalue weighted by atomic mass is 10.0. The first kappa shape index (κ1) is 10.1. The number of hydrogen-bond acceptors (Lipinski definition) is 4. The molecule has 2 aliphatic carbocycles. The van der Waals surface area contributed by atoms with Crippen LogP contribution in [0.2, 0.25) is 0 Å². The van der Waals surface area contributed by atoms with Gasteiger partial charge in [-0.1, -0.05) is 17.6 Å². The topological polar surface area (TPSA) is 64.9 Å². The fourth-order valence-electron chi connectivity index (χ4n) is 3.52. The van der Waals surface area contributed by atoms with Crippen LogP contribution < -0.4 is 5.73 Å². The van der Waals surface area contributed by atoms with E-state index in [9.17, 15) is 0 Å². The molecule has 0 radical (unpaired) electrons. The van der Waals surface area contributed by atoms with Crippen molar-refractivity contribution in [3.8, 4) is 11.3 Å². The standard InChI is InChI=1S/C14H15N3O/c15-14-12(10-6-1-2-7-16-10)13(18-17-14)11-8-4-3-5-9(8)11/h1-2,6-9,11H,3-5H2,(H2,15,17). The van der Waals surface area contributed by atoms with Crippen LogP contribution in [0.3, 0.4) is 0 Å². The molecule has 0 aromatic carbocycles. The van der Waals surface area contributed by atoms with E-state index >= 15 is 0 Å². The molecule has 2 aromatic heterocycles. The van der Waals surface area contributed by atoms with Crippen molar-refractivity contribution in [1.82, 2.24) is 10.1 Å². The Kier molecular flexibility index (Phi) is 2.01. The molecule has 2 atom stereocenters. The summed E-state index contributed by atoms with van der Waals surface area (Å²) in [6, 6.07) is 5.83. The molecule has 0 aliphatic heterocycles. The lowest BCUT2D eigenvalue weighted by Gasteiger charge is -2.03. The average molecular weight is 241 g/mol. The number of aromatic nitrogens is 2. The first-order chi connectivity index (χ1) is 8.86. The van der Waals surface area contributed by atoms with Gasteiger partial charge in [-0.2, -0.15) is 0 Å². The number of nitrogen functional groups attached to an aromatic ring is 1. The number of rotatable bonds is 2. The largest absolute Gasteiger partial charge is 0.380 e. The van der Waals surface area contributed by atoms with Gasteiger partial charge in [0.25, 0.3) is 0 Å². The van der Waals surface area contributed by atoms with Crippen LogP contribution in [0.15, 0.2) is 28.9 Å². The second-order valence-corrected chi connectivity index (χ2v) is 5.31. The van der Waals surface area contributed by atoms with Gasteiger partial charge in [-0.15, -0.1) is 0 Å². The smallest absolute Gasteiger partial charge is 0.176 e. The van der Waals surface area contributed by atoms with E-state index < -0.39 is 0 Å². The molecule has 2 saturated carbocycles. The zero-order valence-electron chi connectivity index (χ0n) is 10.0. The molecule has 0 amide bonds.